The molecule has 3 rings (SSSR count). The summed E-state index contributed by atoms with van der Waals surface area (Å²) >= 11 is 6.58. The van der Waals surface area contributed by atoms with E-state index in [1.165, 1.54) is 23.6 Å². The maximum atomic E-state index is 12.7. The van der Waals surface area contributed by atoms with E-state index in [2.05, 4.69) is 4.98 Å². The molecule has 1 fully saturated rings. The fourth-order valence-electron chi connectivity index (χ4n) is 2.17. The van der Waals surface area contributed by atoms with Crippen LogP contribution in [-0.4, -0.2) is 21.0 Å². The van der Waals surface area contributed by atoms with Crippen molar-refractivity contribution in [1.29, 1.82) is 0 Å². The Kier molecular flexibility index (Phi) is 4.36. The van der Waals surface area contributed by atoms with Gasteiger partial charge in [-0.05, 0) is 42.8 Å². The molecule has 1 amide bonds. The molecule has 4 nitrogen and oxygen atoms in total. The highest BCUT2D eigenvalue weighted by atomic mass is 32.2. The molecule has 2 aromatic rings. The number of Topliss-reactive ketones (excluding diaryl/α,β-unsaturated/α-hetero) is 1. The summed E-state index contributed by atoms with van der Waals surface area (Å²) < 4.78 is 0.455. The maximum absolute atomic E-state index is 12.7. The molecular weight excluding hydrogens is 328 g/mol. The van der Waals surface area contributed by atoms with Crippen molar-refractivity contribution in [3.63, 3.8) is 0 Å². The third-order valence-corrected chi connectivity index (χ3v) is 4.61. The van der Waals surface area contributed by atoms with Gasteiger partial charge in [0.05, 0.1) is 10.6 Å². The molecule has 0 unspecified atom stereocenters. The van der Waals surface area contributed by atoms with Gasteiger partial charge in [-0.3, -0.25) is 19.5 Å². The van der Waals surface area contributed by atoms with E-state index in [1.54, 1.807) is 42.7 Å². The van der Waals surface area contributed by atoms with Crippen molar-refractivity contribution in [2.24, 2.45) is 0 Å². The van der Waals surface area contributed by atoms with Crippen LogP contribution in [0.2, 0.25) is 0 Å². The fourth-order valence-corrected chi connectivity index (χ4v) is 3.46. The second-order valence-corrected chi connectivity index (χ2v) is 6.58. The zero-order valence-electron chi connectivity index (χ0n) is 12.2. The first-order valence-electron chi connectivity index (χ1n) is 6.85. The molecule has 23 heavy (non-hydrogen) atoms. The summed E-state index contributed by atoms with van der Waals surface area (Å²) in [6, 6.07) is 10.6. The average molecular weight is 340 g/mol. The van der Waals surface area contributed by atoms with Crippen LogP contribution in [-0.2, 0) is 4.79 Å². The van der Waals surface area contributed by atoms with E-state index in [0.717, 1.165) is 5.56 Å². The lowest BCUT2D eigenvalue weighted by molar-refractivity contribution is -0.113. The van der Waals surface area contributed by atoms with Crippen LogP contribution in [0.3, 0.4) is 0 Å². The van der Waals surface area contributed by atoms with Gasteiger partial charge in [0.15, 0.2) is 10.1 Å². The zero-order valence-corrected chi connectivity index (χ0v) is 13.9. The molecule has 0 spiro atoms. The smallest absolute Gasteiger partial charge is 0.270 e. The van der Waals surface area contributed by atoms with E-state index < -0.39 is 0 Å². The van der Waals surface area contributed by atoms with Gasteiger partial charge in [-0.15, -0.1) is 0 Å². The first-order chi connectivity index (χ1) is 11.1. The summed E-state index contributed by atoms with van der Waals surface area (Å²) in [7, 11) is 0. The van der Waals surface area contributed by atoms with E-state index in [4.69, 9.17) is 12.2 Å². The van der Waals surface area contributed by atoms with Gasteiger partial charge in [0.2, 0.25) is 0 Å². The van der Waals surface area contributed by atoms with Crippen molar-refractivity contribution >= 4 is 51.8 Å². The van der Waals surface area contributed by atoms with Gasteiger partial charge in [-0.25, -0.2) is 0 Å². The summed E-state index contributed by atoms with van der Waals surface area (Å²) in [5.41, 5.74) is 2.05. The fraction of sp³-hybridized carbons (Fsp3) is 0.0588. The van der Waals surface area contributed by atoms with E-state index in [0.29, 0.717) is 20.5 Å². The number of ketones is 1. The van der Waals surface area contributed by atoms with Gasteiger partial charge in [0.25, 0.3) is 5.91 Å². The monoisotopic (exact) mass is 340 g/mol. The SMILES string of the molecule is CC(=O)c1cccc(N2C(=O)/C(=C\c3ccncc3)SC2=S)c1. The second-order valence-electron chi connectivity index (χ2n) is 4.90. The number of hydrogen-bond donors (Lipinski definition) is 0. The van der Waals surface area contributed by atoms with Crippen LogP contribution in [0.1, 0.15) is 22.8 Å². The third kappa shape index (κ3) is 3.23. The maximum Gasteiger partial charge on any atom is 0.270 e. The number of thiocarbonyl (C=S) groups is 1. The molecule has 1 aliphatic rings. The summed E-state index contributed by atoms with van der Waals surface area (Å²) in [6.45, 7) is 1.49. The average Bonchev–Trinajstić information content (AvgIpc) is 2.82. The minimum absolute atomic E-state index is 0.0513. The van der Waals surface area contributed by atoms with Crippen molar-refractivity contribution in [1.82, 2.24) is 4.98 Å². The molecule has 0 saturated carbocycles. The van der Waals surface area contributed by atoms with Crippen LogP contribution in [0.25, 0.3) is 6.08 Å². The van der Waals surface area contributed by atoms with Crippen molar-refractivity contribution < 1.29 is 9.59 Å². The van der Waals surface area contributed by atoms with Gasteiger partial charge >= 0.3 is 0 Å². The number of hydrogen-bond acceptors (Lipinski definition) is 5. The van der Waals surface area contributed by atoms with Gasteiger partial charge in [-0.1, -0.05) is 36.1 Å². The predicted molar refractivity (Wildman–Crippen MR) is 96.3 cm³/mol. The normalized spacial score (nSPS) is 16.2. The molecule has 0 bridgehead atoms. The van der Waals surface area contributed by atoms with Crippen molar-refractivity contribution in [2.75, 3.05) is 4.90 Å². The van der Waals surface area contributed by atoms with Crippen LogP contribution >= 0.6 is 24.0 Å². The Hall–Kier alpha value is -2.31. The molecule has 0 atom stereocenters. The van der Waals surface area contributed by atoms with Gasteiger partial charge in [-0.2, -0.15) is 0 Å². The van der Waals surface area contributed by atoms with E-state index in [9.17, 15) is 9.59 Å². The van der Waals surface area contributed by atoms with Gasteiger partial charge < -0.3 is 0 Å². The summed E-state index contributed by atoms with van der Waals surface area (Å²) in [4.78, 5) is 30.1. The molecule has 1 saturated heterocycles. The number of thioether (sulfide) groups is 1. The minimum atomic E-state index is -0.183. The number of carbonyl (C=O) groups is 2. The van der Waals surface area contributed by atoms with E-state index in [-0.39, 0.29) is 11.7 Å². The Morgan fingerprint density at radius 3 is 2.70 bits per heavy atom. The summed E-state index contributed by atoms with van der Waals surface area (Å²) in [6.07, 6.45) is 5.13. The highest BCUT2D eigenvalue weighted by Crippen LogP contribution is 2.36. The van der Waals surface area contributed by atoms with Crippen LogP contribution in [0.5, 0.6) is 0 Å². The number of carbonyl (C=O) groups excluding carboxylic acids is 2. The number of nitrogens with zero attached hydrogens (tertiary/aromatic N) is 2. The number of rotatable bonds is 3. The molecular formula is C17H12N2O2S2. The van der Waals surface area contributed by atoms with E-state index >= 15 is 0 Å². The molecule has 1 aliphatic heterocycles. The standard InChI is InChI=1S/C17H12N2O2S2/c1-11(20)13-3-2-4-14(10-13)19-16(21)15(23-17(19)22)9-12-5-7-18-8-6-12/h2-10H,1H3/b15-9+. The third-order valence-electron chi connectivity index (χ3n) is 3.31. The highest BCUT2D eigenvalue weighted by molar-refractivity contribution is 8.27. The van der Waals surface area contributed by atoms with Crippen LogP contribution in [0.4, 0.5) is 5.69 Å². The first kappa shape index (κ1) is 15.6. The molecule has 6 heteroatoms. The molecule has 2 heterocycles. The Balaban J connectivity index is 1.95. The highest BCUT2D eigenvalue weighted by Gasteiger charge is 2.33. The zero-order chi connectivity index (χ0) is 16.4. The molecule has 0 aliphatic carbocycles. The lowest BCUT2D eigenvalue weighted by Crippen LogP contribution is -2.27. The number of anilines is 1. The Morgan fingerprint density at radius 2 is 2.00 bits per heavy atom. The minimum Gasteiger partial charge on any atom is -0.295 e. The molecule has 114 valence electrons. The lowest BCUT2D eigenvalue weighted by atomic mass is 10.1. The number of amides is 1. The molecule has 0 N–H and O–H groups in total. The summed E-state index contributed by atoms with van der Waals surface area (Å²) in [5.74, 6) is -0.234. The Labute approximate surface area is 143 Å². The number of aromatic nitrogens is 1. The van der Waals surface area contributed by atoms with Crippen molar-refractivity contribution in [2.45, 2.75) is 6.92 Å². The number of benzene rings is 1. The lowest BCUT2D eigenvalue weighted by Gasteiger charge is -2.15. The Morgan fingerprint density at radius 1 is 1.26 bits per heavy atom. The summed E-state index contributed by atoms with van der Waals surface area (Å²) in [5, 5.41) is 0. The van der Waals surface area contributed by atoms with Gasteiger partial charge in [0, 0.05) is 18.0 Å². The largest absolute Gasteiger partial charge is 0.295 e. The van der Waals surface area contributed by atoms with Crippen molar-refractivity contribution in [3.8, 4) is 0 Å². The quantitative estimate of drug-likeness (QED) is 0.484. The Bertz CT molecular complexity index is 831. The molecule has 0 radical (unpaired) electrons. The topological polar surface area (TPSA) is 50.3 Å². The molecule has 1 aromatic carbocycles. The van der Waals surface area contributed by atoms with Crippen LogP contribution in [0, 0.1) is 0 Å². The van der Waals surface area contributed by atoms with Crippen LogP contribution < -0.4 is 4.90 Å². The predicted octanol–water partition coefficient (Wildman–Crippen LogP) is 3.69. The number of pyridine rings is 1. The second kappa shape index (κ2) is 6.44. The first-order valence-corrected chi connectivity index (χ1v) is 8.08. The van der Waals surface area contributed by atoms with E-state index in [1.807, 2.05) is 12.1 Å². The van der Waals surface area contributed by atoms with Gasteiger partial charge in [0.1, 0.15) is 0 Å². The van der Waals surface area contributed by atoms with Crippen molar-refractivity contribution in [3.05, 3.63) is 64.8 Å². The van der Waals surface area contributed by atoms with Crippen LogP contribution in [0.15, 0.2) is 53.7 Å². The molecule has 1 aromatic heterocycles.